The molecule has 0 aliphatic heterocycles. The average Bonchev–Trinajstić information content (AvgIpc) is 3.01. The first-order chi connectivity index (χ1) is 12.4. The normalized spacial score (nSPS) is 11.0. The third kappa shape index (κ3) is 3.69. The highest BCUT2D eigenvalue weighted by Gasteiger charge is 2.11. The highest BCUT2D eigenvalue weighted by Crippen LogP contribution is 2.24. The van der Waals surface area contributed by atoms with E-state index in [4.69, 9.17) is 5.73 Å². The molecule has 0 fully saturated rings. The highest BCUT2D eigenvalue weighted by atomic mass is 16.6. The lowest BCUT2D eigenvalue weighted by Crippen LogP contribution is -2.08. The van der Waals surface area contributed by atoms with E-state index in [2.05, 4.69) is 10.1 Å². The second-order valence-corrected chi connectivity index (χ2v) is 5.87. The Hall–Kier alpha value is -3.68. The van der Waals surface area contributed by atoms with E-state index in [1.807, 2.05) is 43.3 Å². The minimum atomic E-state index is -0.445. The third-order valence-corrected chi connectivity index (χ3v) is 3.81. The molecule has 8 heteroatoms. The molecule has 0 amide bonds. The zero-order valence-corrected chi connectivity index (χ0v) is 14.4. The largest absolute Gasteiger partial charge is 0.378 e. The van der Waals surface area contributed by atoms with Crippen LogP contribution in [-0.2, 0) is 0 Å². The fourth-order valence-electron chi connectivity index (χ4n) is 2.38. The van der Waals surface area contributed by atoms with E-state index in [-0.39, 0.29) is 11.6 Å². The summed E-state index contributed by atoms with van der Waals surface area (Å²) in [6, 6.07) is 14.1. The van der Waals surface area contributed by atoms with Crippen LogP contribution in [0.2, 0.25) is 0 Å². The quantitative estimate of drug-likeness (QED) is 0.433. The van der Waals surface area contributed by atoms with Gasteiger partial charge in [0.1, 0.15) is 0 Å². The first-order valence-corrected chi connectivity index (χ1v) is 7.85. The number of nitrogens with zero attached hydrogens (tertiary/aromatic N) is 5. The van der Waals surface area contributed by atoms with Crippen molar-refractivity contribution in [2.24, 2.45) is 5.10 Å². The summed E-state index contributed by atoms with van der Waals surface area (Å²) in [6.07, 6.45) is 3.31. The Morgan fingerprint density at radius 2 is 1.96 bits per heavy atom. The number of nitro groups is 1. The molecular formula is C18H18N6O2. The maximum Gasteiger partial charge on any atom is 0.270 e. The zero-order valence-electron chi connectivity index (χ0n) is 14.4. The molecule has 0 atom stereocenters. The molecular weight excluding hydrogens is 332 g/mol. The van der Waals surface area contributed by atoms with E-state index >= 15 is 0 Å². The number of aromatic nitrogens is 2. The van der Waals surface area contributed by atoms with Crippen LogP contribution >= 0.6 is 0 Å². The number of hydrogen-bond donors (Lipinski definition) is 1. The van der Waals surface area contributed by atoms with Gasteiger partial charge in [-0.2, -0.15) is 5.10 Å². The van der Waals surface area contributed by atoms with Crippen molar-refractivity contribution in [1.29, 1.82) is 0 Å². The lowest BCUT2D eigenvalue weighted by molar-refractivity contribution is -0.384. The van der Waals surface area contributed by atoms with Gasteiger partial charge in [0.25, 0.3) is 5.69 Å². The van der Waals surface area contributed by atoms with Gasteiger partial charge < -0.3 is 10.6 Å². The van der Waals surface area contributed by atoms with E-state index in [1.165, 1.54) is 16.8 Å². The Morgan fingerprint density at radius 1 is 1.23 bits per heavy atom. The molecule has 0 aliphatic rings. The van der Waals surface area contributed by atoms with Crippen LogP contribution < -0.4 is 10.6 Å². The van der Waals surface area contributed by atoms with Gasteiger partial charge in [-0.05, 0) is 17.7 Å². The summed E-state index contributed by atoms with van der Waals surface area (Å²) in [6.45, 7) is 0. The van der Waals surface area contributed by atoms with Gasteiger partial charge in [-0.15, -0.1) is 0 Å². The van der Waals surface area contributed by atoms with Crippen LogP contribution in [0.3, 0.4) is 0 Å². The van der Waals surface area contributed by atoms with Gasteiger partial charge >= 0.3 is 0 Å². The van der Waals surface area contributed by atoms with E-state index in [1.54, 1.807) is 24.5 Å². The van der Waals surface area contributed by atoms with Crippen molar-refractivity contribution >= 4 is 23.5 Å². The van der Waals surface area contributed by atoms with Crippen LogP contribution in [0, 0.1) is 10.1 Å². The molecule has 0 spiro atoms. The summed E-state index contributed by atoms with van der Waals surface area (Å²) in [4.78, 5) is 16.7. The fourth-order valence-corrected chi connectivity index (χ4v) is 2.38. The lowest BCUT2D eigenvalue weighted by Gasteiger charge is -2.11. The van der Waals surface area contributed by atoms with Crippen molar-refractivity contribution in [2.75, 3.05) is 24.7 Å². The maximum atomic E-state index is 10.9. The Bertz CT molecular complexity index is 960. The molecule has 0 unspecified atom stereocenters. The van der Waals surface area contributed by atoms with Crippen molar-refractivity contribution in [3.05, 3.63) is 70.4 Å². The summed E-state index contributed by atoms with van der Waals surface area (Å²) < 4.78 is 1.44. The minimum absolute atomic E-state index is 0.0000969. The minimum Gasteiger partial charge on any atom is -0.378 e. The molecule has 132 valence electrons. The topological polar surface area (TPSA) is 103 Å². The fraction of sp³-hybridized carbons (Fsp3) is 0.111. The molecule has 0 saturated carbocycles. The number of anilines is 2. The monoisotopic (exact) mass is 350 g/mol. The van der Waals surface area contributed by atoms with Crippen LogP contribution in [0.1, 0.15) is 5.56 Å². The number of hydrogen-bond acceptors (Lipinski definition) is 6. The van der Waals surface area contributed by atoms with Gasteiger partial charge in [-0.25, -0.2) is 9.66 Å². The number of non-ortho nitro benzene ring substituents is 1. The molecule has 1 aromatic heterocycles. The maximum absolute atomic E-state index is 10.9. The van der Waals surface area contributed by atoms with Gasteiger partial charge in [-0.3, -0.25) is 10.1 Å². The predicted molar refractivity (Wildman–Crippen MR) is 102 cm³/mol. The van der Waals surface area contributed by atoms with Gasteiger partial charge in [0.15, 0.2) is 0 Å². The Morgan fingerprint density at radius 3 is 2.62 bits per heavy atom. The summed E-state index contributed by atoms with van der Waals surface area (Å²) in [5, 5.41) is 15.2. The molecule has 0 aliphatic carbocycles. The molecule has 8 nitrogen and oxygen atoms in total. The third-order valence-electron chi connectivity index (χ3n) is 3.81. The number of benzene rings is 2. The zero-order chi connectivity index (χ0) is 18.7. The average molecular weight is 350 g/mol. The van der Waals surface area contributed by atoms with Gasteiger partial charge in [0, 0.05) is 37.5 Å². The van der Waals surface area contributed by atoms with Gasteiger partial charge in [0.2, 0.25) is 5.95 Å². The molecule has 0 bridgehead atoms. The number of nitrogen functional groups attached to an aromatic ring is 1. The predicted octanol–water partition coefficient (Wildman–Crippen LogP) is 2.99. The lowest BCUT2D eigenvalue weighted by atomic mass is 10.1. The molecule has 0 radical (unpaired) electrons. The highest BCUT2D eigenvalue weighted by molar-refractivity contribution is 5.80. The van der Waals surface area contributed by atoms with Crippen LogP contribution in [0.5, 0.6) is 0 Å². The van der Waals surface area contributed by atoms with Crippen molar-refractivity contribution in [2.45, 2.75) is 0 Å². The van der Waals surface area contributed by atoms with Gasteiger partial charge in [-0.1, -0.05) is 24.3 Å². The molecule has 1 heterocycles. The van der Waals surface area contributed by atoms with E-state index in [0.717, 1.165) is 11.3 Å². The van der Waals surface area contributed by atoms with E-state index < -0.39 is 4.92 Å². The SMILES string of the molecule is CN(C)c1ccc(C=Nn2cc(-c3cccc([N+](=O)[O-])c3)nc2N)cc1. The van der Waals surface area contributed by atoms with Crippen LogP contribution in [0.15, 0.2) is 59.8 Å². The number of imidazole rings is 1. The van der Waals surface area contributed by atoms with Crippen molar-refractivity contribution < 1.29 is 4.92 Å². The second-order valence-electron chi connectivity index (χ2n) is 5.87. The number of rotatable bonds is 5. The summed E-state index contributed by atoms with van der Waals surface area (Å²) >= 11 is 0. The van der Waals surface area contributed by atoms with Crippen LogP contribution in [-0.4, -0.2) is 34.9 Å². The van der Waals surface area contributed by atoms with Gasteiger partial charge in [0.05, 0.1) is 23.0 Å². The summed E-state index contributed by atoms with van der Waals surface area (Å²) in [5.74, 6) is 0.202. The molecule has 26 heavy (non-hydrogen) atoms. The van der Waals surface area contributed by atoms with Crippen LogP contribution in [0.25, 0.3) is 11.3 Å². The van der Waals surface area contributed by atoms with Crippen molar-refractivity contribution in [3.8, 4) is 11.3 Å². The molecule has 3 aromatic rings. The summed E-state index contributed by atoms with van der Waals surface area (Å²) in [5.41, 5.74) is 9.04. The molecule has 3 rings (SSSR count). The first kappa shape index (κ1) is 17.2. The Balaban J connectivity index is 1.84. The van der Waals surface area contributed by atoms with Crippen molar-refractivity contribution in [1.82, 2.24) is 9.66 Å². The van der Waals surface area contributed by atoms with Crippen LogP contribution in [0.4, 0.5) is 17.3 Å². The number of nitrogens with two attached hydrogens (primary N) is 1. The molecule has 2 N–H and O–H groups in total. The smallest absolute Gasteiger partial charge is 0.270 e. The molecule has 2 aromatic carbocycles. The van der Waals surface area contributed by atoms with Crippen molar-refractivity contribution in [3.63, 3.8) is 0 Å². The standard InChI is InChI=1S/C18H18N6O2/c1-22(2)15-8-6-13(7-9-15)11-20-23-12-17(21-18(23)19)14-4-3-5-16(10-14)24(25)26/h3-12H,1-2H3,(H2,19,21). The molecule has 0 saturated heterocycles. The first-order valence-electron chi connectivity index (χ1n) is 7.85. The Kier molecular flexibility index (Phi) is 4.66. The van der Waals surface area contributed by atoms with E-state index in [9.17, 15) is 10.1 Å². The summed E-state index contributed by atoms with van der Waals surface area (Å²) in [7, 11) is 3.95. The number of nitro benzene ring substituents is 1. The Labute approximate surface area is 150 Å². The second kappa shape index (κ2) is 7.06. The van der Waals surface area contributed by atoms with E-state index in [0.29, 0.717) is 11.3 Å².